The minimum Gasteiger partial charge on any atom is -0.508 e. The van der Waals surface area contributed by atoms with Gasteiger partial charge < -0.3 is 9.51 Å². The van der Waals surface area contributed by atoms with Gasteiger partial charge in [-0.3, -0.25) is 0 Å². The van der Waals surface area contributed by atoms with Gasteiger partial charge in [0.2, 0.25) is 0 Å². The molecule has 4 rings (SSSR count). The Morgan fingerprint density at radius 2 is 1.73 bits per heavy atom. The number of phenolic OH excluding ortho intramolecular Hbond substituents is 1. The number of rotatable bonds is 4. The first kappa shape index (κ1) is 13.2. The molecular formula is C20H19NO. The highest BCUT2D eigenvalue weighted by Gasteiger charge is 2.18. The van der Waals surface area contributed by atoms with Crippen molar-refractivity contribution in [3.8, 4) is 16.9 Å². The lowest BCUT2D eigenvalue weighted by Gasteiger charge is -2.06. The van der Waals surface area contributed by atoms with Crippen LogP contribution >= 0.6 is 0 Å². The maximum Gasteiger partial charge on any atom is 0.115 e. The molecule has 2 heteroatoms. The number of nitrogens with zero attached hydrogens (tertiary/aromatic N) is 1. The van der Waals surface area contributed by atoms with Crippen molar-refractivity contribution in [2.24, 2.45) is 0 Å². The third-order valence-corrected chi connectivity index (χ3v) is 4.48. The Kier molecular flexibility index (Phi) is 3.04. The zero-order valence-corrected chi connectivity index (χ0v) is 12.7. The lowest BCUT2D eigenvalue weighted by molar-refractivity contribution is 0.475. The van der Waals surface area contributed by atoms with E-state index in [1.165, 1.54) is 46.1 Å². The van der Waals surface area contributed by atoms with Crippen molar-refractivity contribution >= 4 is 16.6 Å². The summed E-state index contributed by atoms with van der Waals surface area (Å²) in [5.74, 6) is 0.315. The molecule has 3 heterocycles. The molecule has 0 aliphatic heterocycles. The standard InChI is InChI=1S/C20H19NO/c1-2-3-6-17-18-7-4-5-15-10-13-19(21(15)18)20(17)14-8-11-16(22)12-9-14/h4-5,7-13,22H,2-3,6H2,1H3. The van der Waals surface area contributed by atoms with Crippen LogP contribution in [0, 0.1) is 0 Å². The quantitative estimate of drug-likeness (QED) is 0.545. The van der Waals surface area contributed by atoms with Crippen LogP contribution in [0.15, 0.2) is 54.6 Å². The Bertz CT molecular complexity index is 918. The predicted octanol–water partition coefficient (Wildman–Crippen LogP) is 5.25. The van der Waals surface area contributed by atoms with Gasteiger partial charge in [-0.05, 0) is 60.4 Å². The lowest BCUT2D eigenvalue weighted by atomic mass is 9.97. The SMILES string of the molecule is CCCCc1c(-c2ccc(O)cc2)c2ccc3cccc1n32. The van der Waals surface area contributed by atoms with Crippen LogP contribution < -0.4 is 0 Å². The molecule has 0 unspecified atom stereocenters. The van der Waals surface area contributed by atoms with Crippen molar-refractivity contribution in [1.29, 1.82) is 0 Å². The van der Waals surface area contributed by atoms with Gasteiger partial charge >= 0.3 is 0 Å². The van der Waals surface area contributed by atoms with E-state index in [1.54, 1.807) is 12.1 Å². The molecule has 0 aliphatic rings. The Morgan fingerprint density at radius 3 is 2.50 bits per heavy atom. The van der Waals surface area contributed by atoms with E-state index in [9.17, 15) is 5.11 Å². The molecule has 0 fully saturated rings. The Balaban J connectivity index is 2.03. The minimum absolute atomic E-state index is 0.315. The van der Waals surface area contributed by atoms with E-state index in [-0.39, 0.29) is 0 Å². The number of aryl methyl sites for hydroxylation is 1. The van der Waals surface area contributed by atoms with Crippen molar-refractivity contribution in [2.45, 2.75) is 26.2 Å². The zero-order chi connectivity index (χ0) is 15.1. The molecule has 0 aliphatic carbocycles. The van der Waals surface area contributed by atoms with E-state index in [0.29, 0.717) is 5.75 Å². The summed E-state index contributed by atoms with van der Waals surface area (Å²) < 4.78 is 2.35. The Hall–Kier alpha value is -2.48. The first-order valence-corrected chi connectivity index (χ1v) is 7.93. The van der Waals surface area contributed by atoms with Gasteiger partial charge in [-0.25, -0.2) is 0 Å². The van der Waals surface area contributed by atoms with Crippen molar-refractivity contribution in [1.82, 2.24) is 4.40 Å². The van der Waals surface area contributed by atoms with Crippen LogP contribution in [0.25, 0.3) is 27.7 Å². The fraction of sp³-hybridized carbons (Fsp3) is 0.200. The molecule has 2 nitrogen and oxygen atoms in total. The van der Waals surface area contributed by atoms with E-state index < -0.39 is 0 Å². The predicted molar refractivity (Wildman–Crippen MR) is 91.8 cm³/mol. The molecule has 0 spiro atoms. The largest absolute Gasteiger partial charge is 0.508 e. The second-order valence-electron chi connectivity index (χ2n) is 5.89. The smallest absolute Gasteiger partial charge is 0.115 e. The van der Waals surface area contributed by atoms with Crippen LogP contribution in [0.3, 0.4) is 0 Å². The van der Waals surface area contributed by atoms with Crippen molar-refractivity contribution in [3.63, 3.8) is 0 Å². The Labute approximate surface area is 130 Å². The molecule has 0 radical (unpaired) electrons. The second kappa shape index (κ2) is 5.06. The lowest BCUT2D eigenvalue weighted by Crippen LogP contribution is -1.88. The van der Waals surface area contributed by atoms with Gasteiger partial charge in [-0.2, -0.15) is 0 Å². The zero-order valence-electron chi connectivity index (χ0n) is 12.7. The van der Waals surface area contributed by atoms with Crippen molar-refractivity contribution in [3.05, 3.63) is 60.2 Å². The topological polar surface area (TPSA) is 24.6 Å². The summed E-state index contributed by atoms with van der Waals surface area (Å²) in [4.78, 5) is 0. The Morgan fingerprint density at radius 1 is 0.909 bits per heavy atom. The molecule has 22 heavy (non-hydrogen) atoms. The summed E-state index contributed by atoms with van der Waals surface area (Å²) in [6.45, 7) is 2.23. The molecular weight excluding hydrogens is 270 g/mol. The number of hydrogen-bond donors (Lipinski definition) is 1. The number of pyridine rings is 1. The fourth-order valence-corrected chi connectivity index (χ4v) is 3.43. The highest BCUT2D eigenvalue weighted by Crippen LogP contribution is 2.38. The molecule has 0 saturated heterocycles. The first-order chi connectivity index (χ1) is 10.8. The fourth-order valence-electron chi connectivity index (χ4n) is 3.43. The van der Waals surface area contributed by atoms with Crippen LogP contribution in [0.5, 0.6) is 5.75 Å². The van der Waals surface area contributed by atoms with E-state index in [2.05, 4.69) is 41.7 Å². The van der Waals surface area contributed by atoms with Crippen LogP contribution in [0.1, 0.15) is 25.3 Å². The van der Waals surface area contributed by atoms with E-state index in [1.807, 2.05) is 12.1 Å². The molecule has 3 aromatic heterocycles. The maximum atomic E-state index is 9.57. The highest BCUT2D eigenvalue weighted by atomic mass is 16.3. The summed E-state index contributed by atoms with van der Waals surface area (Å²) in [6.07, 6.45) is 3.48. The molecule has 110 valence electrons. The van der Waals surface area contributed by atoms with Gasteiger partial charge in [0.1, 0.15) is 5.75 Å². The molecule has 0 saturated carbocycles. The molecule has 0 bridgehead atoms. The minimum atomic E-state index is 0.315. The van der Waals surface area contributed by atoms with Crippen molar-refractivity contribution < 1.29 is 5.11 Å². The van der Waals surface area contributed by atoms with Gasteiger partial charge in [0.05, 0.1) is 11.0 Å². The average molecular weight is 289 g/mol. The van der Waals surface area contributed by atoms with Gasteiger partial charge in [0.15, 0.2) is 0 Å². The third kappa shape index (κ3) is 1.87. The monoisotopic (exact) mass is 289 g/mol. The van der Waals surface area contributed by atoms with Crippen LogP contribution in [0.4, 0.5) is 0 Å². The average Bonchev–Trinajstić information content (AvgIpc) is 3.10. The number of phenols is 1. The number of aromatic nitrogens is 1. The summed E-state index contributed by atoms with van der Waals surface area (Å²) in [6, 6.07) is 18.5. The van der Waals surface area contributed by atoms with Crippen LogP contribution in [-0.2, 0) is 6.42 Å². The first-order valence-electron chi connectivity index (χ1n) is 7.93. The normalized spacial score (nSPS) is 11.7. The molecule has 1 N–H and O–H groups in total. The number of aromatic hydroxyl groups is 1. The summed E-state index contributed by atoms with van der Waals surface area (Å²) in [5.41, 5.74) is 7.75. The van der Waals surface area contributed by atoms with Crippen molar-refractivity contribution in [2.75, 3.05) is 0 Å². The van der Waals surface area contributed by atoms with Gasteiger partial charge in [0.25, 0.3) is 0 Å². The summed E-state index contributed by atoms with van der Waals surface area (Å²) in [7, 11) is 0. The summed E-state index contributed by atoms with van der Waals surface area (Å²) >= 11 is 0. The number of unbranched alkanes of at least 4 members (excludes halogenated alkanes) is 1. The maximum absolute atomic E-state index is 9.57. The van der Waals surface area contributed by atoms with Crippen LogP contribution in [0.2, 0.25) is 0 Å². The third-order valence-electron chi connectivity index (χ3n) is 4.48. The number of hydrogen-bond acceptors (Lipinski definition) is 1. The van der Waals surface area contributed by atoms with Gasteiger partial charge in [-0.15, -0.1) is 0 Å². The highest BCUT2D eigenvalue weighted by molar-refractivity contribution is 5.94. The van der Waals surface area contributed by atoms with Crippen LogP contribution in [-0.4, -0.2) is 9.51 Å². The van der Waals surface area contributed by atoms with E-state index >= 15 is 0 Å². The van der Waals surface area contributed by atoms with E-state index in [0.717, 1.165) is 6.42 Å². The number of benzene rings is 1. The van der Waals surface area contributed by atoms with Gasteiger partial charge in [-0.1, -0.05) is 31.5 Å². The second-order valence-corrected chi connectivity index (χ2v) is 5.89. The van der Waals surface area contributed by atoms with E-state index in [4.69, 9.17) is 0 Å². The molecule has 4 aromatic rings. The summed E-state index contributed by atoms with van der Waals surface area (Å²) in [5, 5.41) is 9.57. The van der Waals surface area contributed by atoms with Gasteiger partial charge in [0, 0.05) is 11.1 Å². The molecule has 0 atom stereocenters. The molecule has 1 aromatic carbocycles. The molecule has 0 amide bonds.